The van der Waals surface area contributed by atoms with Gasteiger partial charge in [0.25, 0.3) is 0 Å². The van der Waals surface area contributed by atoms with Crippen molar-refractivity contribution in [2.24, 2.45) is 5.92 Å². The Labute approximate surface area is 84.6 Å². The number of hydrogen-bond donors (Lipinski definition) is 1. The Morgan fingerprint density at radius 1 is 1.29 bits per heavy atom. The minimum absolute atomic E-state index is 0.241. The van der Waals surface area contributed by atoms with Crippen molar-refractivity contribution >= 4 is 5.78 Å². The van der Waals surface area contributed by atoms with Crippen LogP contribution in [0, 0.1) is 5.92 Å². The number of carbonyl (C=O) groups excluding carboxylic acids is 1. The monoisotopic (exact) mass is 192 g/mol. The zero-order valence-corrected chi connectivity index (χ0v) is 8.66. The van der Waals surface area contributed by atoms with Crippen LogP contribution in [0.4, 0.5) is 0 Å². The summed E-state index contributed by atoms with van der Waals surface area (Å²) >= 11 is 0. The van der Waals surface area contributed by atoms with Gasteiger partial charge in [-0.2, -0.15) is 0 Å². The summed E-state index contributed by atoms with van der Waals surface area (Å²) in [5.74, 6) is 0.912. The molecule has 2 nitrogen and oxygen atoms in total. The Balaban J connectivity index is 2.52. The highest BCUT2D eigenvalue weighted by Gasteiger charge is 2.05. The number of carbonyl (C=O) groups is 1. The van der Waals surface area contributed by atoms with Gasteiger partial charge in [-0.25, -0.2) is 0 Å². The lowest BCUT2D eigenvalue weighted by atomic mass is 10.0. The smallest absolute Gasteiger partial charge is 0.137 e. The van der Waals surface area contributed by atoms with Crippen LogP contribution in [0.3, 0.4) is 0 Å². The fourth-order valence-corrected chi connectivity index (χ4v) is 1.37. The Morgan fingerprint density at radius 2 is 1.86 bits per heavy atom. The average Bonchev–Trinajstić information content (AvgIpc) is 2.07. The Kier molecular flexibility index (Phi) is 3.69. The van der Waals surface area contributed by atoms with E-state index in [0.717, 1.165) is 5.56 Å². The molecule has 14 heavy (non-hydrogen) atoms. The van der Waals surface area contributed by atoms with Crippen molar-refractivity contribution in [3.8, 4) is 5.75 Å². The minimum Gasteiger partial charge on any atom is -0.508 e. The second-order valence-electron chi connectivity index (χ2n) is 3.98. The molecule has 0 heterocycles. The lowest BCUT2D eigenvalue weighted by molar-refractivity contribution is -0.119. The Morgan fingerprint density at radius 3 is 2.36 bits per heavy atom. The van der Waals surface area contributed by atoms with E-state index in [4.69, 9.17) is 5.11 Å². The zero-order chi connectivity index (χ0) is 10.6. The molecule has 0 saturated carbocycles. The Hall–Kier alpha value is -1.31. The molecule has 0 bridgehead atoms. The molecule has 1 rings (SSSR count). The first-order valence-corrected chi connectivity index (χ1v) is 4.87. The SMILES string of the molecule is CC(C)CC(=O)Cc1ccc(O)cc1. The van der Waals surface area contributed by atoms with Crippen molar-refractivity contribution in [2.75, 3.05) is 0 Å². The van der Waals surface area contributed by atoms with Crippen molar-refractivity contribution in [1.82, 2.24) is 0 Å². The van der Waals surface area contributed by atoms with Crippen LogP contribution >= 0.6 is 0 Å². The van der Waals surface area contributed by atoms with Gasteiger partial charge >= 0.3 is 0 Å². The molecule has 0 atom stereocenters. The summed E-state index contributed by atoms with van der Waals surface area (Å²) in [6.45, 7) is 4.07. The van der Waals surface area contributed by atoms with Crippen molar-refractivity contribution in [3.05, 3.63) is 29.8 Å². The van der Waals surface area contributed by atoms with Crippen molar-refractivity contribution in [2.45, 2.75) is 26.7 Å². The molecular formula is C12H16O2. The third-order valence-electron chi connectivity index (χ3n) is 1.97. The molecule has 0 aliphatic carbocycles. The number of benzene rings is 1. The summed E-state index contributed by atoms with van der Waals surface area (Å²) in [6.07, 6.45) is 1.10. The summed E-state index contributed by atoms with van der Waals surface area (Å²) in [6, 6.07) is 6.79. The standard InChI is InChI=1S/C12H16O2/c1-9(2)7-12(14)8-10-3-5-11(13)6-4-10/h3-6,9,13H,7-8H2,1-2H3. The normalized spacial score (nSPS) is 10.5. The number of rotatable bonds is 4. The van der Waals surface area contributed by atoms with Crippen LogP contribution in [0.25, 0.3) is 0 Å². The van der Waals surface area contributed by atoms with Gasteiger partial charge in [0.15, 0.2) is 0 Å². The summed E-state index contributed by atoms with van der Waals surface area (Å²) in [5, 5.41) is 9.05. The van der Waals surface area contributed by atoms with Gasteiger partial charge in [-0.3, -0.25) is 4.79 Å². The van der Waals surface area contributed by atoms with E-state index in [9.17, 15) is 4.79 Å². The molecule has 0 aromatic heterocycles. The van der Waals surface area contributed by atoms with Crippen LogP contribution in [0.2, 0.25) is 0 Å². The molecule has 2 heteroatoms. The van der Waals surface area contributed by atoms with E-state index in [1.54, 1.807) is 24.3 Å². The average molecular weight is 192 g/mol. The molecule has 0 radical (unpaired) electrons. The molecule has 1 N–H and O–H groups in total. The van der Waals surface area contributed by atoms with E-state index in [0.29, 0.717) is 18.8 Å². The van der Waals surface area contributed by atoms with Gasteiger partial charge < -0.3 is 5.11 Å². The molecule has 0 fully saturated rings. The quantitative estimate of drug-likeness (QED) is 0.796. The molecule has 0 amide bonds. The van der Waals surface area contributed by atoms with Crippen LogP contribution in [-0.2, 0) is 11.2 Å². The summed E-state index contributed by atoms with van der Waals surface area (Å²) < 4.78 is 0. The van der Waals surface area contributed by atoms with E-state index >= 15 is 0 Å². The molecule has 0 unspecified atom stereocenters. The van der Waals surface area contributed by atoms with E-state index in [1.165, 1.54) is 0 Å². The van der Waals surface area contributed by atoms with Gasteiger partial charge in [-0.05, 0) is 23.6 Å². The maximum Gasteiger partial charge on any atom is 0.137 e. The second kappa shape index (κ2) is 4.80. The number of aromatic hydroxyl groups is 1. The van der Waals surface area contributed by atoms with Gasteiger partial charge in [0.1, 0.15) is 11.5 Å². The van der Waals surface area contributed by atoms with Gasteiger partial charge in [0.05, 0.1) is 0 Å². The van der Waals surface area contributed by atoms with Crippen LogP contribution in [0.15, 0.2) is 24.3 Å². The zero-order valence-electron chi connectivity index (χ0n) is 8.66. The number of phenols is 1. The molecular weight excluding hydrogens is 176 g/mol. The van der Waals surface area contributed by atoms with Gasteiger partial charge in [-0.1, -0.05) is 26.0 Å². The van der Waals surface area contributed by atoms with Crippen molar-refractivity contribution < 1.29 is 9.90 Å². The van der Waals surface area contributed by atoms with E-state index in [-0.39, 0.29) is 11.5 Å². The largest absolute Gasteiger partial charge is 0.508 e. The highest BCUT2D eigenvalue weighted by atomic mass is 16.3. The molecule has 1 aromatic carbocycles. The summed E-state index contributed by atoms with van der Waals surface area (Å²) in [7, 11) is 0. The number of Topliss-reactive ketones (excluding diaryl/α,β-unsaturated/α-hetero) is 1. The van der Waals surface area contributed by atoms with Gasteiger partial charge in [0.2, 0.25) is 0 Å². The summed E-state index contributed by atoms with van der Waals surface area (Å²) in [5.41, 5.74) is 0.966. The van der Waals surface area contributed by atoms with Crippen LogP contribution < -0.4 is 0 Å². The molecule has 0 spiro atoms. The highest BCUT2D eigenvalue weighted by Crippen LogP contribution is 2.11. The van der Waals surface area contributed by atoms with Gasteiger partial charge in [0, 0.05) is 12.8 Å². The molecule has 0 aliphatic heterocycles. The first kappa shape index (κ1) is 10.8. The van der Waals surface area contributed by atoms with E-state index in [1.807, 2.05) is 13.8 Å². The predicted molar refractivity (Wildman–Crippen MR) is 56.3 cm³/mol. The molecule has 1 aromatic rings. The van der Waals surface area contributed by atoms with E-state index < -0.39 is 0 Å². The number of phenolic OH excluding ortho intramolecular Hbond substituents is 1. The fraction of sp³-hybridized carbons (Fsp3) is 0.417. The van der Waals surface area contributed by atoms with Crippen LogP contribution in [0.1, 0.15) is 25.8 Å². The molecule has 0 aliphatic rings. The first-order chi connectivity index (χ1) is 6.58. The van der Waals surface area contributed by atoms with Crippen LogP contribution in [0.5, 0.6) is 5.75 Å². The second-order valence-corrected chi connectivity index (χ2v) is 3.98. The summed E-state index contributed by atoms with van der Waals surface area (Å²) in [4.78, 5) is 11.4. The maximum absolute atomic E-state index is 11.4. The number of hydrogen-bond acceptors (Lipinski definition) is 2. The van der Waals surface area contributed by atoms with Crippen molar-refractivity contribution in [1.29, 1.82) is 0 Å². The molecule has 76 valence electrons. The lowest BCUT2D eigenvalue weighted by Gasteiger charge is -2.03. The Bertz CT molecular complexity index is 299. The van der Waals surface area contributed by atoms with Crippen molar-refractivity contribution in [3.63, 3.8) is 0 Å². The van der Waals surface area contributed by atoms with Gasteiger partial charge in [-0.15, -0.1) is 0 Å². The third kappa shape index (κ3) is 3.60. The van der Waals surface area contributed by atoms with E-state index in [2.05, 4.69) is 0 Å². The fourth-order valence-electron chi connectivity index (χ4n) is 1.37. The minimum atomic E-state index is 0.241. The maximum atomic E-state index is 11.4. The highest BCUT2D eigenvalue weighted by molar-refractivity contribution is 5.81. The predicted octanol–water partition coefficient (Wildman–Crippen LogP) is 2.55. The van der Waals surface area contributed by atoms with Crippen LogP contribution in [-0.4, -0.2) is 10.9 Å². The number of ketones is 1. The third-order valence-corrected chi connectivity index (χ3v) is 1.97. The lowest BCUT2D eigenvalue weighted by Crippen LogP contribution is -2.05. The first-order valence-electron chi connectivity index (χ1n) is 4.87. The molecule has 0 saturated heterocycles. The topological polar surface area (TPSA) is 37.3 Å².